The number of rotatable bonds is 14. The number of halogens is 2. The van der Waals surface area contributed by atoms with Gasteiger partial charge in [-0.1, -0.05) is 166 Å². The van der Waals surface area contributed by atoms with E-state index >= 15 is 8.78 Å². The zero-order valence-electron chi connectivity index (χ0n) is 60.6. The first kappa shape index (κ1) is 67.8. The van der Waals surface area contributed by atoms with Crippen molar-refractivity contribution in [3.8, 4) is 56.6 Å². The van der Waals surface area contributed by atoms with Crippen LogP contribution >= 0.6 is 0 Å². The Bertz CT molecular complexity index is 4540. The van der Waals surface area contributed by atoms with Crippen LogP contribution in [0.25, 0.3) is 77.2 Å². The van der Waals surface area contributed by atoms with Gasteiger partial charge in [-0.3, -0.25) is 0 Å². The molecule has 2 atom stereocenters. The molecular formula is C86H104F2N2O4. The van der Waals surface area contributed by atoms with Crippen LogP contribution in [0.1, 0.15) is 205 Å². The zero-order chi connectivity index (χ0) is 68.4. The Hall–Kier alpha value is -7.58. The Morgan fingerprint density at radius 1 is 0.426 bits per heavy atom. The third-order valence-electron chi connectivity index (χ3n) is 20.6. The van der Waals surface area contributed by atoms with Gasteiger partial charge < -0.3 is 28.8 Å². The van der Waals surface area contributed by atoms with Gasteiger partial charge >= 0.3 is 0 Å². The smallest absolute Gasteiger partial charge is 0.147 e. The van der Waals surface area contributed by atoms with Gasteiger partial charge in [-0.05, 0) is 234 Å². The first-order chi connectivity index (χ1) is 43.7. The molecule has 1 aliphatic carbocycles. The fraction of sp³-hybridized carbons (Fsp3) is 0.442. The maximum Gasteiger partial charge on any atom is 0.147 e. The molecule has 8 heteroatoms. The average molecular weight is 1270 g/mol. The number of ether oxygens (including phenoxy) is 2. The molecule has 0 radical (unpaired) electrons. The fourth-order valence-electron chi connectivity index (χ4n) is 16.3. The molecule has 10 aromatic rings. The van der Waals surface area contributed by atoms with Crippen LogP contribution in [0, 0.1) is 75.8 Å². The van der Waals surface area contributed by atoms with Crippen LogP contribution in [-0.4, -0.2) is 32.6 Å². The van der Waals surface area contributed by atoms with Gasteiger partial charge in [-0.15, -0.1) is 0 Å². The largest absolute Gasteiger partial charge is 0.505 e. The zero-order valence-corrected chi connectivity index (χ0v) is 60.6. The SMILES string of the molecule is Cc1cc(C)c2c3ccc(C)c(C)c3n(-c3cc(C(C)(C)CC(C)(C)C)cc(-c4cc(F)cc(C)c4OC[C@@H]4CCCC[C@H]4COc4c(C)cc(F)cc4-c4cc(C(C)(C)CC(C)(C)C)cc(-n5c6cc(C(C)(C)C)ccc6c6ccc(C(C)(C)C)cc65)c4O)c3O)c2c1. The van der Waals surface area contributed by atoms with Crippen molar-refractivity contribution in [2.24, 2.45) is 22.7 Å². The Morgan fingerprint density at radius 3 is 1.28 bits per heavy atom. The molecule has 1 fully saturated rings. The lowest BCUT2D eigenvalue weighted by Gasteiger charge is -2.34. The number of hydrogen-bond donors (Lipinski definition) is 2. The number of phenolic OH excluding ortho intramolecular Hbond substituents is 2. The lowest BCUT2D eigenvalue weighted by atomic mass is 9.71. The van der Waals surface area contributed by atoms with Crippen LogP contribution in [0.15, 0.2) is 109 Å². The van der Waals surface area contributed by atoms with E-state index in [1.807, 2.05) is 13.8 Å². The Kier molecular flexibility index (Phi) is 17.5. The van der Waals surface area contributed by atoms with E-state index in [-0.39, 0.29) is 55.8 Å². The summed E-state index contributed by atoms with van der Waals surface area (Å²) in [5.41, 5.74) is 16.5. The molecule has 0 unspecified atom stereocenters. The second-order valence-corrected chi connectivity index (χ2v) is 34.2. The number of phenols is 2. The summed E-state index contributed by atoms with van der Waals surface area (Å²) in [4.78, 5) is 0. The van der Waals surface area contributed by atoms with Gasteiger partial charge in [0.2, 0.25) is 0 Å². The first-order valence-electron chi connectivity index (χ1n) is 34.4. The standard InChI is InChI=1S/C86H104F2N2O4/c1-49-33-51(3)75-65-30-27-50(2)54(6)76(65)90(72(75)34-49)74-42-60(86(21,22)48-82(10,11)12)38-67(78(74)92)69-44-62(88)36-53(5)80(69)94-46-56-26-24-23-25-55(56)45-93-79-52(4)35-61(87)43-68(79)66-37-59(85(19,20)47-81(7,8)9)41-73(77(66)91)89-70-39-57(83(13,14)15)28-31-63(70)64-32-29-58(40-71(64)89)84(16,17)18/h27-44,55-56,91-92H,23-26,45-48H2,1-22H3/t55-,56-/m0/s1. The number of aryl methyl sites for hydroxylation is 6. The van der Waals surface area contributed by atoms with Gasteiger partial charge in [0.25, 0.3) is 0 Å². The van der Waals surface area contributed by atoms with Crippen LogP contribution in [0.3, 0.4) is 0 Å². The number of fused-ring (bicyclic) bond motifs is 6. The number of nitrogens with zero attached hydrogens (tertiary/aromatic N) is 2. The van der Waals surface area contributed by atoms with Crippen LogP contribution in [-0.2, 0) is 21.7 Å². The average Bonchev–Trinajstić information content (AvgIpc) is 1.53. The van der Waals surface area contributed by atoms with E-state index in [2.05, 4.69) is 233 Å². The summed E-state index contributed by atoms with van der Waals surface area (Å²) < 4.78 is 51.7. The lowest BCUT2D eigenvalue weighted by Crippen LogP contribution is -2.30. The Balaban J connectivity index is 1.01. The molecule has 0 spiro atoms. The van der Waals surface area contributed by atoms with Gasteiger partial charge in [-0.25, -0.2) is 8.78 Å². The molecule has 1 saturated carbocycles. The van der Waals surface area contributed by atoms with E-state index in [9.17, 15) is 10.2 Å². The summed E-state index contributed by atoms with van der Waals surface area (Å²) in [6.07, 6.45) is 5.50. The number of benzene rings is 8. The van der Waals surface area contributed by atoms with E-state index in [4.69, 9.17) is 9.47 Å². The Labute approximate surface area is 559 Å². The monoisotopic (exact) mass is 1270 g/mol. The summed E-state index contributed by atoms with van der Waals surface area (Å²) in [5, 5.41) is 31.0. The highest BCUT2D eigenvalue weighted by molar-refractivity contribution is 6.13. The minimum absolute atomic E-state index is 0.0284. The van der Waals surface area contributed by atoms with Gasteiger partial charge in [0.05, 0.1) is 46.7 Å². The van der Waals surface area contributed by atoms with Crippen molar-refractivity contribution in [2.45, 2.75) is 213 Å². The molecule has 94 heavy (non-hydrogen) atoms. The van der Waals surface area contributed by atoms with E-state index in [0.717, 1.165) is 116 Å². The van der Waals surface area contributed by atoms with Gasteiger partial charge in [-0.2, -0.15) is 0 Å². The number of aromatic hydroxyl groups is 2. The number of hydrogen-bond acceptors (Lipinski definition) is 4. The molecule has 6 nitrogen and oxygen atoms in total. The summed E-state index contributed by atoms with van der Waals surface area (Å²) in [6.45, 7) is 49.1. The van der Waals surface area contributed by atoms with Crippen molar-refractivity contribution < 1.29 is 28.5 Å². The Morgan fingerprint density at radius 2 is 0.851 bits per heavy atom. The summed E-state index contributed by atoms with van der Waals surface area (Å²) in [5.74, 6) is 0.421. The molecule has 496 valence electrons. The topological polar surface area (TPSA) is 68.8 Å². The predicted octanol–water partition coefficient (Wildman–Crippen LogP) is 24.0. The second-order valence-electron chi connectivity index (χ2n) is 34.2. The first-order valence-corrected chi connectivity index (χ1v) is 34.4. The second kappa shape index (κ2) is 24.3. The van der Waals surface area contributed by atoms with Crippen molar-refractivity contribution in [1.29, 1.82) is 0 Å². The molecule has 2 heterocycles. The molecule has 0 saturated heterocycles. The van der Waals surface area contributed by atoms with E-state index < -0.39 is 11.6 Å². The minimum Gasteiger partial charge on any atom is -0.505 e. The van der Waals surface area contributed by atoms with Gasteiger partial charge in [0.1, 0.15) is 34.6 Å². The van der Waals surface area contributed by atoms with Crippen LogP contribution < -0.4 is 9.47 Å². The third kappa shape index (κ3) is 13.0. The van der Waals surface area contributed by atoms with Crippen LogP contribution in [0.4, 0.5) is 8.78 Å². The van der Waals surface area contributed by atoms with E-state index in [0.29, 0.717) is 69.5 Å². The molecule has 8 aromatic carbocycles. The molecule has 1 aliphatic rings. The summed E-state index contributed by atoms with van der Waals surface area (Å²) >= 11 is 0. The van der Waals surface area contributed by atoms with Crippen molar-refractivity contribution in [1.82, 2.24) is 9.13 Å². The summed E-state index contributed by atoms with van der Waals surface area (Å²) in [6, 6.07) is 36.9. The molecule has 11 rings (SSSR count). The van der Waals surface area contributed by atoms with Crippen molar-refractivity contribution >= 4 is 43.6 Å². The quantitative estimate of drug-likeness (QED) is 0.114. The minimum atomic E-state index is -0.414. The molecule has 2 aromatic heterocycles. The van der Waals surface area contributed by atoms with Gasteiger partial charge in [0.15, 0.2) is 0 Å². The maximum absolute atomic E-state index is 16.5. The highest BCUT2D eigenvalue weighted by Crippen LogP contribution is 2.52. The van der Waals surface area contributed by atoms with Crippen molar-refractivity contribution in [3.05, 3.63) is 176 Å². The molecule has 0 aliphatic heterocycles. The normalized spacial score (nSPS) is 15.5. The van der Waals surface area contributed by atoms with Crippen LogP contribution in [0.2, 0.25) is 0 Å². The molecule has 0 bridgehead atoms. The number of aromatic nitrogens is 2. The van der Waals surface area contributed by atoms with Crippen LogP contribution in [0.5, 0.6) is 23.0 Å². The van der Waals surface area contributed by atoms with Crippen molar-refractivity contribution in [3.63, 3.8) is 0 Å². The highest BCUT2D eigenvalue weighted by Gasteiger charge is 2.36. The fourth-order valence-corrected chi connectivity index (χ4v) is 16.3. The van der Waals surface area contributed by atoms with E-state index in [1.54, 1.807) is 0 Å². The third-order valence-corrected chi connectivity index (χ3v) is 20.6. The van der Waals surface area contributed by atoms with E-state index in [1.165, 1.54) is 35.4 Å². The van der Waals surface area contributed by atoms with Crippen molar-refractivity contribution in [2.75, 3.05) is 13.2 Å². The predicted molar refractivity (Wildman–Crippen MR) is 392 cm³/mol. The molecular weight excluding hydrogens is 1160 g/mol. The van der Waals surface area contributed by atoms with Gasteiger partial charge in [0, 0.05) is 43.8 Å². The highest BCUT2D eigenvalue weighted by atomic mass is 19.1. The molecule has 2 N–H and O–H groups in total. The lowest BCUT2D eigenvalue weighted by molar-refractivity contribution is 0.105. The maximum atomic E-state index is 16.5. The molecule has 0 amide bonds. The summed E-state index contributed by atoms with van der Waals surface area (Å²) in [7, 11) is 0.